The fraction of sp³-hybridized carbons (Fsp3) is 0.440. The molecule has 5 nitrogen and oxygen atoms in total. The van der Waals surface area contributed by atoms with Crippen LogP contribution in [0.2, 0.25) is 0 Å². The highest BCUT2D eigenvalue weighted by molar-refractivity contribution is 5.85. The average Bonchev–Trinajstić information content (AvgIpc) is 3.10. The molecule has 0 aliphatic carbocycles. The number of β-amino-alcohol motifs (C(OH)–C–C–N with tert-alkyl or cyclic N) is 1. The number of H-pyrrole nitrogens is 1. The minimum absolute atomic E-state index is 0.346. The van der Waals surface area contributed by atoms with Crippen LogP contribution in [0.5, 0.6) is 5.75 Å². The number of rotatable bonds is 8. The second-order valence-corrected chi connectivity index (χ2v) is 8.30. The number of para-hydroxylation sites is 1. The van der Waals surface area contributed by atoms with Gasteiger partial charge in [0.15, 0.2) is 0 Å². The Morgan fingerprint density at radius 1 is 1.13 bits per heavy atom. The Morgan fingerprint density at radius 3 is 2.73 bits per heavy atom. The van der Waals surface area contributed by atoms with Gasteiger partial charge in [-0.2, -0.15) is 0 Å². The summed E-state index contributed by atoms with van der Waals surface area (Å²) in [6.45, 7) is 5.70. The smallest absolute Gasteiger partial charge is 0.119 e. The largest absolute Gasteiger partial charge is 0.497 e. The Kier molecular flexibility index (Phi) is 6.72. The number of benzene rings is 2. The predicted octanol–water partition coefficient (Wildman–Crippen LogP) is 4.24. The van der Waals surface area contributed by atoms with Gasteiger partial charge in [-0.3, -0.25) is 0 Å². The maximum absolute atomic E-state index is 10.4. The Morgan fingerprint density at radius 2 is 1.93 bits per heavy atom. The summed E-state index contributed by atoms with van der Waals surface area (Å²) in [5.74, 6) is 1.41. The van der Waals surface area contributed by atoms with Crippen molar-refractivity contribution in [3.63, 3.8) is 0 Å². The second kappa shape index (κ2) is 9.65. The van der Waals surface area contributed by atoms with Gasteiger partial charge < -0.3 is 24.5 Å². The molecular weight excluding hydrogens is 376 g/mol. The summed E-state index contributed by atoms with van der Waals surface area (Å²) >= 11 is 0. The molecule has 1 fully saturated rings. The van der Waals surface area contributed by atoms with Crippen molar-refractivity contribution < 1.29 is 14.6 Å². The molecule has 0 amide bonds. The molecule has 2 heterocycles. The van der Waals surface area contributed by atoms with Crippen LogP contribution < -0.4 is 4.74 Å². The predicted molar refractivity (Wildman–Crippen MR) is 120 cm³/mol. The van der Waals surface area contributed by atoms with Gasteiger partial charge in [0.1, 0.15) is 5.75 Å². The minimum atomic E-state index is -0.470. The molecule has 0 saturated carbocycles. The SMILES string of the molecule is COc1cccc(COCC(O)CN2CCC(c3c(C)[nH]c4ccccc34)CC2)c1. The fourth-order valence-corrected chi connectivity index (χ4v) is 4.65. The molecule has 2 aromatic carbocycles. The first kappa shape index (κ1) is 20.9. The molecular formula is C25H32N2O3. The zero-order chi connectivity index (χ0) is 20.9. The van der Waals surface area contributed by atoms with Crippen molar-refractivity contribution in [1.29, 1.82) is 0 Å². The van der Waals surface area contributed by atoms with Crippen molar-refractivity contribution in [2.24, 2.45) is 0 Å². The van der Waals surface area contributed by atoms with Crippen molar-refractivity contribution in [1.82, 2.24) is 9.88 Å². The Balaban J connectivity index is 1.24. The third-order valence-corrected chi connectivity index (χ3v) is 6.12. The molecule has 1 aromatic heterocycles. The van der Waals surface area contributed by atoms with Crippen molar-refractivity contribution in [2.75, 3.05) is 33.4 Å². The lowest BCUT2D eigenvalue weighted by atomic mass is 9.87. The average molecular weight is 409 g/mol. The van der Waals surface area contributed by atoms with Gasteiger partial charge in [-0.05, 0) is 68.1 Å². The lowest BCUT2D eigenvalue weighted by Crippen LogP contribution is -2.39. The zero-order valence-electron chi connectivity index (χ0n) is 17.9. The summed E-state index contributed by atoms with van der Waals surface area (Å²) in [5.41, 5.74) is 5.06. The van der Waals surface area contributed by atoms with Crippen LogP contribution in [0.1, 0.15) is 35.6 Å². The molecule has 1 saturated heterocycles. The molecule has 2 N–H and O–H groups in total. The van der Waals surface area contributed by atoms with E-state index in [2.05, 4.69) is 41.1 Å². The maximum Gasteiger partial charge on any atom is 0.119 e. The van der Waals surface area contributed by atoms with E-state index >= 15 is 0 Å². The number of nitrogens with one attached hydrogen (secondary N) is 1. The van der Waals surface area contributed by atoms with Crippen LogP contribution in [0, 0.1) is 6.92 Å². The Labute approximate surface area is 178 Å². The standard InChI is InChI=1S/C25H32N2O3/c1-18-25(23-8-3-4-9-24(23)26-18)20-10-12-27(13-11-20)15-21(28)17-30-16-19-6-5-7-22(14-19)29-2/h3-9,14,20-21,26,28H,10-13,15-17H2,1-2H3. The van der Waals surface area contributed by atoms with Crippen LogP contribution in [0.4, 0.5) is 0 Å². The van der Waals surface area contributed by atoms with Crippen molar-refractivity contribution in [3.8, 4) is 5.75 Å². The van der Waals surface area contributed by atoms with Gasteiger partial charge in [0.05, 0.1) is 26.4 Å². The lowest BCUT2D eigenvalue weighted by Gasteiger charge is -2.33. The Hall–Kier alpha value is -2.34. The maximum atomic E-state index is 10.4. The lowest BCUT2D eigenvalue weighted by molar-refractivity contribution is 0.00619. The normalized spacial score (nSPS) is 16.8. The number of aromatic nitrogens is 1. The van der Waals surface area contributed by atoms with E-state index in [-0.39, 0.29) is 0 Å². The van der Waals surface area contributed by atoms with E-state index in [0.717, 1.165) is 37.2 Å². The summed E-state index contributed by atoms with van der Waals surface area (Å²) in [6.07, 6.45) is 1.78. The molecule has 1 unspecified atom stereocenters. The van der Waals surface area contributed by atoms with E-state index in [4.69, 9.17) is 9.47 Å². The van der Waals surface area contributed by atoms with Crippen molar-refractivity contribution in [2.45, 2.75) is 38.4 Å². The number of aryl methyl sites for hydroxylation is 1. The number of piperidine rings is 1. The molecule has 0 bridgehead atoms. The van der Waals surface area contributed by atoms with Gasteiger partial charge in [0.25, 0.3) is 0 Å². The molecule has 0 radical (unpaired) electrons. The molecule has 1 atom stereocenters. The van der Waals surface area contributed by atoms with Crippen molar-refractivity contribution in [3.05, 3.63) is 65.4 Å². The molecule has 1 aliphatic rings. The van der Waals surface area contributed by atoms with Gasteiger partial charge in [0.2, 0.25) is 0 Å². The van der Waals surface area contributed by atoms with Gasteiger partial charge in [0, 0.05) is 23.1 Å². The van der Waals surface area contributed by atoms with E-state index < -0.39 is 6.10 Å². The summed E-state index contributed by atoms with van der Waals surface area (Å²) in [4.78, 5) is 5.89. The fourth-order valence-electron chi connectivity index (χ4n) is 4.65. The van der Waals surface area contributed by atoms with Gasteiger partial charge in [-0.25, -0.2) is 0 Å². The number of methoxy groups -OCH3 is 1. The van der Waals surface area contributed by atoms with Crippen LogP contribution in [-0.2, 0) is 11.3 Å². The highest BCUT2D eigenvalue weighted by Crippen LogP contribution is 2.35. The van der Waals surface area contributed by atoms with E-state index in [1.54, 1.807) is 7.11 Å². The molecule has 1 aliphatic heterocycles. The number of aromatic amines is 1. The minimum Gasteiger partial charge on any atom is -0.497 e. The number of likely N-dealkylation sites (tertiary alicyclic amines) is 1. The molecule has 3 aromatic rings. The van der Waals surface area contributed by atoms with Crippen LogP contribution in [0.15, 0.2) is 48.5 Å². The number of ether oxygens (including phenoxy) is 2. The third-order valence-electron chi connectivity index (χ3n) is 6.12. The van der Waals surface area contributed by atoms with E-state index in [9.17, 15) is 5.11 Å². The first-order valence-corrected chi connectivity index (χ1v) is 10.8. The van der Waals surface area contributed by atoms with Crippen molar-refractivity contribution >= 4 is 10.9 Å². The second-order valence-electron chi connectivity index (χ2n) is 8.30. The Bertz CT molecular complexity index is 960. The number of fused-ring (bicyclic) bond motifs is 1. The summed E-state index contributed by atoms with van der Waals surface area (Å²) in [5, 5.41) is 11.8. The molecule has 0 spiro atoms. The number of aliphatic hydroxyl groups is 1. The highest BCUT2D eigenvalue weighted by Gasteiger charge is 2.25. The van der Waals surface area contributed by atoms with Crippen LogP contribution in [-0.4, -0.2) is 54.4 Å². The number of hydrogen-bond donors (Lipinski definition) is 2. The molecule has 5 heteroatoms. The van der Waals surface area contributed by atoms with E-state index in [1.165, 1.54) is 22.2 Å². The molecule has 30 heavy (non-hydrogen) atoms. The molecule has 160 valence electrons. The van der Waals surface area contributed by atoms with E-state index in [0.29, 0.717) is 25.7 Å². The summed E-state index contributed by atoms with van der Waals surface area (Å²) in [6, 6.07) is 16.4. The first-order chi connectivity index (χ1) is 14.6. The third kappa shape index (κ3) is 4.86. The van der Waals surface area contributed by atoms with E-state index in [1.807, 2.05) is 24.3 Å². The van der Waals surface area contributed by atoms with Gasteiger partial charge in [-0.15, -0.1) is 0 Å². The monoisotopic (exact) mass is 408 g/mol. The van der Waals surface area contributed by atoms with Gasteiger partial charge in [-0.1, -0.05) is 30.3 Å². The topological polar surface area (TPSA) is 57.7 Å². The van der Waals surface area contributed by atoms with Crippen LogP contribution in [0.25, 0.3) is 10.9 Å². The summed E-state index contributed by atoms with van der Waals surface area (Å²) < 4.78 is 11.0. The van der Waals surface area contributed by atoms with Crippen LogP contribution in [0.3, 0.4) is 0 Å². The zero-order valence-corrected chi connectivity index (χ0v) is 17.9. The van der Waals surface area contributed by atoms with Crippen LogP contribution >= 0.6 is 0 Å². The highest BCUT2D eigenvalue weighted by atomic mass is 16.5. The first-order valence-electron chi connectivity index (χ1n) is 10.8. The number of hydrogen-bond acceptors (Lipinski definition) is 4. The number of nitrogens with zero attached hydrogens (tertiary/aromatic N) is 1. The summed E-state index contributed by atoms with van der Waals surface area (Å²) in [7, 11) is 1.66. The quantitative estimate of drug-likeness (QED) is 0.585. The van der Waals surface area contributed by atoms with Gasteiger partial charge >= 0.3 is 0 Å². The number of aliphatic hydroxyl groups excluding tert-OH is 1. The molecule has 4 rings (SSSR count).